The zero-order valence-electron chi connectivity index (χ0n) is 13.8. The predicted molar refractivity (Wildman–Crippen MR) is 101 cm³/mol. The normalized spacial score (nSPS) is 12.6. The van der Waals surface area contributed by atoms with Crippen molar-refractivity contribution in [1.82, 2.24) is 0 Å². The van der Waals surface area contributed by atoms with Crippen LogP contribution in [-0.4, -0.2) is 40.9 Å². The molecule has 0 amide bonds. The fourth-order valence-electron chi connectivity index (χ4n) is 2.04. The van der Waals surface area contributed by atoms with Crippen molar-refractivity contribution in [3.63, 3.8) is 0 Å². The van der Waals surface area contributed by atoms with Gasteiger partial charge in [0.05, 0.1) is 0 Å². The number of rotatable bonds is 15. The molecular formula is C14H30O4S4. The van der Waals surface area contributed by atoms with Crippen LogP contribution in [0.25, 0.3) is 0 Å². The molecule has 0 heterocycles. The molecule has 0 rings (SSSR count). The molecule has 8 heteroatoms. The quantitative estimate of drug-likeness (QED) is 0.307. The number of hydrogen-bond donors (Lipinski definition) is 0. The van der Waals surface area contributed by atoms with Gasteiger partial charge in [-0.3, -0.25) is 0 Å². The van der Waals surface area contributed by atoms with Crippen LogP contribution in [0.3, 0.4) is 0 Å². The van der Waals surface area contributed by atoms with E-state index in [1.165, 1.54) is 51.0 Å². The monoisotopic (exact) mass is 390 g/mol. The van der Waals surface area contributed by atoms with Gasteiger partial charge >= 0.3 is 0 Å². The standard InChI is InChI=1S/C14H30O4S4/c1-21(15,16)19-13-11-9-7-5-3-4-6-8-10-12-14-20-22(2,17)18/h3-14H2,1-2H3. The first-order chi connectivity index (χ1) is 10.2. The Hall–Kier alpha value is 0.600. The lowest BCUT2D eigenvalue weighted by atomic mass is 10.1. The molecule has 0 aliphatic heterocycles. The van der Waals surface area contributed by atoms with Gasteiger partial charge in [-0.2, -0.15) is 0 Å². The highest BCUT2D eigenvalue weighted by Gasteiger charge is 2.02. The lowest BCUT2D eigenvalue weighted by molar-refractivity contribution is 0.564. The van der Waals surface area contributed by atoms with Crippen molar-refractivity contribution in [3.05, 3.63) is 0 Å². The second-order valence-electron chi connectivity index (χ2n) is 5.59. The summed E-state index contributed by atoms with van der Waals surface area (Å²) in [7, 11) is -3.63. The smallest absolute Gasteiger partial charge is 0.198 e. The van der Waals surface area contributed by atoms with Crippen molar-refractivity contribution < 1.29 is 16.8 Å². The van der Waals surface area contributed by atoms with E-state index in [1.807, 2.05) is 0 Å². The van der Waals surface area contributed by atoms with Crippen LogP contribution in [0.4, 0.5) is 0 Å². The summed E-state index contributed by atoms with van der Waals surface area (Å²) < 4.78 is 43.7. The van der Waals surface area contributed by atoms with Gasteiger partial charge in [0.25, 0.3) is 0 Å². The topological polar surface area (TPSA) is 68.3 Å². The van der Waals surface area contributed by atoms with Gasteiger partial charge in [0, 0.05) is 24.0 Å². The molecule has 0 bridgehead atoms. The molecule has 0 atom stereocenters. The van der Waals surface area contributed by atoms with Crippen molar-refractivity contribution in [2.24, 2.45) is 0 Å². The van der Waals surface area contributed by atoms with E-state index < -0.39 is 17.7 Å². The van der Waals surface area contributed by atoms with Gasteiger partial charge in [-0.05, 0) is 34.4 Å². The van der Waals surface area contributed by atoms with E-state index in [9.17, 15) is 16.8 Å². The van der Waals surface area contributed by atoms with E-state index in [2.05, 4.69) is 0 Å². The van der Waals surface area contributed by atoms with Crippen LogP contribution < -0.4 is 0 Å². The molecule has 0 aliphatic carbocycles. The molecule has 0 saturated heterocycles. The lowest BCUT2D eigenvalue weighted by Crippen LogP contribution is -1.91. The van der Waals surface area contributed by atoms with Crippen molar-refractivity contribution in [3.8, 4) is 0 Å². The van der Waals surface area contributed by atoms with Crippen LogP contribution in [0.15, 0.2) is 0 Å². The van der Waals surface area contributed by atoms with Gasteiger partial charge < -0.3 is 0 Å². The number of hydrogen-bond acceptors (Lipinski definition) is 6. The largest absolute Gasteiger partial charge is 0.218 e. The van der Waals surface area contributed by atoms with Gasteiger partial charge in [0.15, 0.2) is 17.7 Å². The Morgan fingerprint density at radius 1 is 0.500 bits per heavy atom. The molecule has 0 fully saturated rings. The van der Waals surface area contributed by atoms with E-state index in [4.69, 9.17) is 0 Å². The van der Waals surface area contributed by atoms with Crippen molar-refractivity contribution in [1.29, 1.82) is 0 Å². The van der Waals surface area contributed by atoms with E-state index in [0.717, 1.165) is 47.3 Å². The third-order valence-electron chi connectivity index (χ3n) is 3.13. The molecule has 4 nitrogen and oxygen atoms in total. The summed E-state index contributed by atoms with van der Waals surface area (Å²) in [5.41, 5.74) is 0. The first-order valence-corrected chi connectivity index (χ1v) is 14.7. The molecular weight excluding hydrogens is 360 g/mol. The molecule has 22 heavy (non-hydrogen) atoms. The van der Waals surface area contributed by atoms with Crippen LogP contribution >= 0.6 is 21.6 Å². The van der Waals surface area contributed by atoms with Gasteiger partial charge in [-0.15, -0.1) is 0 Å². The molecule has 0 radical (unpaired) electrons. The van der Waals surface area contributed by atoms with E-state index in [-0.39, 0.29) is 0 Å². The third kappa shape index (κ3) is 20.6. The predicted octanol–water partition coefficient (Wildman–Crippen LogP) is 4.27. The van der Waals surface area contributed by atoms with Crippen LogP contribution in [0.5, 0.6) is 0 Å². The SMILES string of the molecule is CS(=O)(=O)SCCCCCCCCCCCCSS(C)(=O)=O. The average molecular weight is 391 g/mol. The van der Waals surface area contributed by atoms with Crippen LogP contribution in [0.1, 0.15) is 64.2 Å². The minimum absolute atomic E-state index is 0.713. The zero-order chi connectivity index (χ0) is 16.9. The highest BCUT2D eigenvalue weighted by Crippen LogP contribution is 2.16. The summed E-state index contributed by atoms with van der Waals surface area (Å²) in [4.78, 5) is 0. The average Bonchev–Trinajstić information content (AvgIpc) is 2.36. The maximum Gasteiger partial charge on any atom is 0.198 e. The van der Waals surface area contributed by atoms with Gasteiger partial charge in [0.2, 0.25) is 0 Å². The minimum Gasteiger partial charge on any atom is -0.218 e. The minimum atomic E-state index is -2.87. The van der Waals surface area contributed by atoms with Crippen LogP contribution in [0, 0.1) is 0 Å². The van der Waals surface area contributed by atoms with Gasteiger partial charge in [0.1, 0.15) is 0 Å². The van der Waals surface area contributed by atoms with Crippen molar-refractivity contribution >= 4 is 39.3 Å². The highest BCUT2D eigenvalue weighted by molar-refractivity contribution is 8.72. The maximum absolute atomic E-state index is 10.9. The molecule has 0 aliphatic rings. The Labute approximate surface area is 144 Å². The van der Waals surface area contributed by atoms with E-state index in [1.54, 1.807) is 0 Å². The molecule has 0 aromatic carbocycles. The summed E-state index contributed by atoms with van der Waals surface area (Å²) >= 11 is 0. The lowest BCUT2D eigenvalue weighted by Gasteiger charge is -2.03. The summed E-state index contributed by atoms with van der Waals surface area (Å²) in [6.07, 6.45) is 14.1. The maximum atomic E-state index is 10.9. The fourth-order valence-corrected chi connectivity index (χ4v) is 5.81. The van der Waals surface area contributed by atoms with Crippen LogP contribution in [-0.2, 0) is 17.7 Å². The van der Waals surface area contributed by atoms with E-state index >= 15 is 0 Å². The molecule has 0 N–H and O–H groups in total. The summed E-state index contributed by atoms with van der Waals surface area (Å²) in [5, 5.41) is 0. The zero-order valence-corrected chi connectivity index (χ0v) is 17.0. The van der Waals surface area contributed by atoms with Gasteiger partial charge in [-0.25, -0.2) is 16.8 Å². The summed E-state index contributed by atoms with van der Waals surface area (Å²) in [5.74, 6) is 1.43. The Morgan fingerprint density at radius 2 is 0.727 bits per heavy atom. The second kappa shape index (κ2) is 13.0. The van der Waals surface area contributed by atoms with Crippen LogP contribution in [0.2, 0.25) is 0 Å². The van der Waals surface area contributed by atoms with Crippen molar-refractivity contribution in [2.45, 2.75) is 64.2 Å². The molecule has 0 aromatic rings. The Kier molecular flexibility index (Phi) is 13.3. The Morgan fingerprint density at radius 3 is 0.955 bits per heavy atom. The summed E-state index contributed by atoms with van der Waals surface area (Å²) in [6.45, 7) is 0. The Balaban J connectivity index is 3.15. The second-order valence-corrected chi connectivity index (χ2v) is 14.7. The molecule has 0 saturated carbocycles. The van der Waals surface area contributed by atoms with E-state index in [0.29, 0.717) is 11.5 Å². The molecule has 0 spiro atoms. The fraction of sp³-hybridized carbons (Fsp3) is 1.00. The third-order valence-corrected chi connectivity index (χ3v) is 8.47. The summed E-state index contributed by atoms with van der Waals surface area (Å²) in [6, 6.07) is 0. The first-order valence-electron chi connectivity index (χ1n) is 7.89. The molecule has 0 aromatic heterocycles. The highest BCUT2D eigenvalue weighted by atomic mass is 33.1. The Bertz CT molecular complexity index is 413. The van der Waals surface area contributed by atoms with Gasteiger partial charge in [-0.1, -0.05) is 51.4 Å². The molecule has 134 valence electrons. The number of unbranched alkanes of at least 4 members (excludes halogenated alkanes) is 9. The molecule has 0 unspecified atom stereocenters. The first kappa shape index (κ1) is 22.6. The van der Waals surface area contributed by atoms with Crippen molar-refractivity contribution in [2.75, 3.05) is 24.0 Å².